The minimum absolute atomic E-state index is 0.0188. The van der Waals surface area contributed by atoms with Crippen LogP contribution < -0.4 is 10.1 Å². The van der Waals surface area contributed by atoms with Gasteiger partial charge in [-0.2, -0.15) is 36.3 Å². The second kappa shape index (κ2) is 5.64. The van der Waals surface area contributed by atoms with E-state index in [1.54, 1.807) is 18.2 Å². The van der Waals surface area contributed by atoms with Gasteiger partial charge in [-0.3, -0.25) is 0 Å². The van der Waals surface area contributed by atoms with Gasteiger partial charge in [0.1, 0.15) is 6.54 Å². The number of halogens is 3. The van der Waals surface area contributed by atoms with Crippen molar-refractivity contribution >= 4 is 15.7 Å². The Bertz CT molecular complexity index is 698. The fraction of sp³-hybridized carbons (Fsp3) is 0.182. The Morgan fingerprint density at radius 2 is 1.86 bits per heavy atom. The highest BCUT2D eigenvalue weighted by molar-refractivity contribution is 7.92. The summed E-state index contributed by atoms with van der Waals surface area (Å²) in [5, 5.41) is 5.71. The molecule has 2 aromatic rings. The lowest BCUT2D eigenvalue weighted by atomic mass is 10.4. The number of rotatable bonds is 5. The molecule has 10 heteroatoms. The molecule has 0 fully saturated rings. The van der Waals surface area contributed by atoms with Crippen LogP contribution in [0.15, 0.2) is 47.6 Å². The van der Waals surface area contributed by atoms with E-state index in [9.17, 15) is 21.6 Å². The van der Waals surface area contributed by atoms with Crippen molar-refractivity contribution in [2.75, 3.05) is 16.7 Å². The van der Waals surface area contributed by atoms with Crippen LogP contribution in [0.1, 0.15) is 0 Å². The van der Waals surface area contributed by atoms with Crippen LogP contribution in [0.2, 0.25) is 0 Å². The zero-order valence-corrected chi connectivity index (χ0v) is 11.3. The highest BCUT2D eigenvalue weighted by Crippen LogP contribution is 2.16. The van der Waals surface area contributed by atoms with E-state index in [1.165, 1.54) is 12.1 Å². The van der Waals surface area contributed by atoms with E-state index >= 15 is 0 Å². The summed E-state index contributed by atoms with van der Waals surface area (Å²) in [7, 11) is -3.84. The van der Waals surface area contributed by atoms with E-state index < -0.39 is 22.7 Å². The minimum Gasteiger partial charge on any atom is -0.374 e. The molecule has 114 valence electrons. The van der Waals surface area contributed by atoms with Gasteiger partial charge in [-0.05, 0) is 12.1 Å². The third-order valence-corrected chi connectivity index (χ3v) is 3.66. The van der Waals surface area contributed by atoms with Crippen molar-refractivity contribution in [1.29, 1.82) is 0 Å². The van der Waals surface area contributed by atoms with Crippen LogP contribution in [0, 0.1) is 0 Å². The Kier molecular flexibility index (Phi) is 4.07. The maximum absolute atomic E-state index is 12.0. The molecule has 0 aliphatic carbocycles. The van der Waals surface area contributed by atoms with Gasteiger partial charge in [0.2, 0.25) is 0 Å². The average molecular weight is 320 g/mol. The predicted molar refractivity (Wildman–Crippen MR) is 69.8 cm³/mol. The van der Waals surface area contributed by atoms with Crippen molar-refractivity contribution in [3.63, 3.8) is 0 Å². The van der Waals surface area contributed by atoms with Gasteiger partial charge in [-0.15, -0.1) is 0 Å². The molecule has 0 atom stereocenters. The van der Waals surface area contributed by atoms with E-state index in [0.29, 0.717) is 0 Å². The van der Waals surface area contributed by atoms with Gasteiger partial charge in [0.15, 0.2) is 0 Å². The summed E-state index contributed by atoms with van der Waals surface area (Å²) in [6, 6.07) is 7.53. The topological polar surface area (TPSA) is 76.0 Å². The molecule has 0 unspecified atom stereocenters. The van der Waals surface area contributed by atoms with Gasteiger partial charge in [-0.25, -0.2) is 0 Å². The molecule has 21 heavy (non-hydrogen) atoms. The quantitative estimate of drug-likeness (QED) is 0.881. The largest absolute Gasteiger partial charge is 0.405 e. The standard InChI is InChI=1S/C11H11F3N4O2S/c12-11(13,14)8-15-9-6-16-18(7-9)17-21(19,20)10-4-2-1-3-5-10/h1-7,15,17H,8H2. The summed E-state index contributed by atoms with van der Waals surface area (Å²) in [5.41, 5.74) is 0.0445. The lowest BCUT2D eigenvalue weighted by Gasteiger charge is -2.08. The maximum Gasteiger partial charge on any atom is 0.405 e. The Labute approximate surface area is 118 Å². The van der Waals surface area contributed by atoms with Crippen LogP contribution in [0.25, 0.3) is 0 Å². The van der Waals surface area contributed by atoms with Crippen LogP contribution in [0.5, 0.6) is 0 Å². The molecule has 0 aliphatic heterocycles. The molecule has 1 aromatic carbocycles. The summed E-state index contributed by atoms with van der Waals surface area (Å²) in [6.45, 7) is -1.23. The van der Waals surface area contributed by atoms with Gasteiger partial charge in [-0.1, -0.05) is 18.2 Å². The molecular formula is C11H11F3N4O2S. The number of alkyl halides is 3. The maximum atomic E-state index is 12.0. The first kappa shape index (κ1) is 15.2. The normalized spacial score (nSPS) is 12.1. The zero-order valence-electron chi connectivity index (χ0n) is 10.5. The molecule has 1 aromatic heterocycles. The molecule has 0 amide bonds. The van der Waals surface area contributed by atoms with Crippen molar-refractivity contribution < 1.29 is 21.6 Å². The average Bonchev–Trinajstić information content (AvgIpc) is 2.84. The van der Waals surface area contributed by atoms with E-state index in [1.807, 2.05) is 0 Å². The summed E-state index contributed by atoms with van der Waals surface area (Å²) in [5.74, 6) is 0. The lowest BCUT2D eigenvalue weighted by Crippen LogP contribution is -2.23. The van der Waals surface area contributed by atoms with Gasteiger partial charge in [0, 0.05) is 0 Å². The lowest BCUT2D eigenvalue weighted by molar-refractivity contribution is -0.115. The summed E-state index contributed by atoms with van der Waals surface area (Å²) < 4.78 is 60.0. The second-order valence-electron chi connectivity index (χ2n) is 4.05. The molecule has 0 aliphatic rings. The van der Waals surface area contributed by atoms with Crippen LogP contribution in [-0.4, -0.2) is 31.0 Å². The SMILES string of the molecule is O=S(=O)(Nn1cc(NCC(F)(F)F)cn1)c1ccccc1. The monoisotopic (exact) mass is 320 g/mol. The summed E-state index contributed by atoms with van der Waals surface area (Å²) in [4.78, 5) is 2.95. The molecule has 0 saturated heterocycles. The molecular weight excluding hydrogens is 309 g/mol. The third kappa shape index (κ3) is 4.38. The fourth-order valence-corrected chi connectivity index (χ4v) is 2.41. The number of nitrogens with one attached hydrogen (secondary N) is 2. The first-order chi connectivity index (χ1) is 9.76. The number of sulfonamides is 1. The highest BCUT2D eigenvalue weighted by atomic mass is 32.2. The minimum atomic E-state index is -4.37. The van der Waals surface area contributed by atoms with Crippen molar-refractivity contribution in [2.45, 2.75) is 11.1 Å². The first-order valence-corrected chi connectivity index (χ1v) is 7.18. The molecule has 1 heterocycles. The number of benzene rings is 1. The van der Waals surface area contributed by atoms with Gasteiger partial charge < -0.3 is 5.32 Å². The van der Waals surface area contributed by atoms with Crippen molar-refractivity contribution in [2.24, 2.45) is 0 Å². The smallest absolute Gasteiger partial charge is 0.374 e. The highest BCUT2D eigenvalue weighted by Gasteiger charge is 2.26. The van der Waals surface area contributed by atoms with E-state index in [4.69, 9.17) is 0 Å². The molecule has 2 N–H and O–H groups in total. The van der Waals surface area contributed by atoms with Gasteiger partial charge >= 0.3 is 6.18 Å². The second-order valence-corrected chi connectivity index (χ2v) is 5.71. The molecule has 0 spiro atoms. The molecule has 2 rings (SSSR count). The Morgan fingerprint density at radius 1 is 1.19 bits per heavy atom. The van der Waals surface area contributed by atoms with Crippen molar-refractivity contribution in [3.05, 3.63) is 42.7 Å². The molecule has 0 radical (unpaired) electrons. The Morgan fingerprint density at radius 3 is 2.48 bits per heavy atom. The number of anilines is 1. The van der Waals surface area contributed by atoms with E-state index in [2.05, 4.69) is 15.2 Å². The number of hydrogen-bond donors (Lipinski definition) is 2. The third-order valence-electron chi connectivity index (χ3n) is 2.34. The van der Waals surface area contributed by atoms with E-state index in [0.717, 1.165) is 17.2 Å². The van der Waals surface area contributed by atoms with Gasteiger partial charge in [0.05, 0.1) is 23.0 Å². The summed E-state index contributed by atoms with van der Waals surface area (Å²) >= 11 is 0. The molecule has 6 nitrogen and oxygen atoms in total. The zero-order chi connectivity index (χ0) is 15.5. The molecule has 0 saturated carbocycles. The summed E-state index contributed by atoms with van der Waals surface area (Å²) in [6.07, 6.45) is -2.18. The van der Waals surface area contributed by atoms with Crippen LogP contribution >= 0.6 is 0 Å². The fourth-order valence-electron chi connectivity index (χ4n) is 1.44. The number of hydrogen-bond acceptors (Lipinski definition) is 4. The van der Waals surface area contributed by atoms with Crippen LogP contribution in [0.3, 0.4) is 0 Å². The first-order valence-electron chi connectivity index (χ1n) is 5.69. The number of nitrogens with zero attached hydrogens (tertiary/aromatic N) is 2. The Hall–Kier alpha value is -2.23. The van der Waals surface area contributed by atoms with Crippen LogP contribution in [0.4, 0.5) is 18.9 Å². The molecule has 0 bridgehead atoms. The van der Waals surface area contributed by atoms with Crippen LogP contribution in [-0.2, 0) is 10.0 Å². The van der Waals surface area contributed by atoms with Crippen molar-refractivity contribution in [1.82, 2.24) is 9.89 Å². The van der Waals surface area contributed by atoms with E-state index in [-0.39, 0.29) is 10.6 Å². The number of aromatic nitrogens is 2. The predicted octanol–water partition coefficient (Wildman–Crippen LogP) is 1.79. The Balaban J connectivity index is 2.06. The van der Waals surface area contributed by atoms with Gasteiger partial charge in [0.25, 0.3) is 10.0 Å². The van der Waals surface area contributed by atoms with Crippen molar-refractivity contribution in [3.8, 4) is 0 Å².